The normalized spacial score (nSPS) is 16.2. The Labute approximate surface area is 108 Å². The molecule has 1 amide bonds. The van der Waals surface area contributed by atoms with Crippen LogP contribution < -0.4 is 0 Å². The van der Waals surface area contributed by atoms with Gasteiger partial charge in [-0.25, -0.2) is 0 Å². The number of morpholine rings is 1. The lowest BCUT2D eigenvalue weighted by molar-refractivity contribution is -0.134. The molecule has 96 valence electrons. The van der Waals surface area contributed by atoms with E-state index >= 15 is 0 Å². The van der Waals surface area contributed by atoms with Crippen molar-refractivity contribution in [2.75, 3.05) is 26.3 Å². The first-order valence-electron chi connectivity index (χ1n) is 6.37. The minimum atomic E-state index is 0.191. The van der Waals surface area contributed by atoms with Crippen LogP contribution in [0.2, 0.25) is 0 Å². The lowest BCUT2D eigenvalue weighted by Crippen LogP contribution is -2.41. The molecule has 1 saturated heterocycles. The van der Waals surface area contributed by atoms with Crippen molar-refractivity contribution < 1.29 is 9.53 Å². The molecule has 1 fully saturated rings. The summed E-state index contributed by atoms with van der Waals surface area (Å²) in [7, 11) is 0. The molecule has 0 radical (unpaired) electrons. The molecule has 1 aromatic rings. The molecule has 0 bridgehead atoms. The van der Waals surface area contributed by atoms with E-state index in [1.54, 1.807) is 0 Å². The predicted octanol–water partition coefficient (Wildman–Crippen LogP) is 2.12. The first kappa shape index (κ1) is 12.8. The topological polar surface area (TPSA) is 29.5 Å². The van der Waals surface area contributed by atoms with Crippen molar-refractivity contribution in [2.45, 2.75) is 13.3 Å². The van der Waals surface area contributed by atoms with Crippen molar-refractivity contribution in [1.29, 1.82) is 0 Å². The summed E-state index contributed by atoms with van der Waals surface area (Å²) in [6.07, 6.45) is 4.52. The molecule has 0 atom stereocenters. The van der Waals surface area contributed by atoms with Crippen molar-refractivity contribution in [3.8, 4) is 0 Å². The maximum Gasteiger partial charge on any atom is 0.227 e. The van der Waals surface area contributed by atoms with Gasteiger partial charge in [-0.3, -0.25) is 4.79 Å². The van der Waals surface area contributed by atoms with Crippen LogP contribution in [0.4, 0.5) is 0 Å². The lowest BCUT2D eigenvalue weighted by atomic mass is 10.1. The number of amides is 1. The molecule has 0 spiro atoms. The molecule has 2 rings (SSSR count). The van der Waals surface area contributed by atoms with Gasteiger partial charge in [-0.05, 0) is 18.1 Å². The Morgan fingerprint density at radius 2 is 2.17 bits per heavy atom. The van der Waals surface area contributed by atoms with Gasteiger partial charge in [0, 0.05) is 13.1 Å². The van der Waals surface area contributed by atoms with Gasteiger partial charge in [0.05, 0.1) is 19.6 Å². The van der Waals surface area contributed by atoms with Gasteiger partial charge in [-0.1, -0.05) is 36.4 Å². The average molecular weight is 245 g/mol. The highest BCUT2D eigenvalue weighted by Crippen LogP contribution is 2.10. The summed E-state index contributed by atoms with van der Waals surface area (Å²) < 4.78 is 5.25. The Kier molecular flexibility index (Phi) is 4.53. The molecule has 1 heterocycles. The van der Waals surface area contributed by atoms with E-state index in [-0.39, 0.29) is 5.91 Å². The van der Waals surface area contributed by atoms with Crippen molar-refractivity contribution >= 4 is 12.0 Å². The van der Waals surface area contributed by atoms with Gasteiger partial charge in [-0.15, -0.1) is 0 Å². The van der Waals surface area contributed by atoms with E-state index in [0.29, 0.717) is 32.7 Å². The minimum absolute atomic E-state index is 0.191. The van der Waals surface area contributed by atoms with Crippen LogP contribution >= 0.6 is 0 Å². The van der Waals surface area contributed by atoms with Crippen molar-refractivity contribution in [3.05, 3.63) is 41.5 Å². The van der Waals surface area contributed by atoms with Crippen LogP contribution in [-0.2, 0) is 16.0 Å². The number of hydrogen-bond acceptors (Lipinski definition) is 2. The molecule has 1 aliphatic rings. The van der Waals surface area contributed by atoms with Crippen LogP contribution in [-0.4, -0.2) is 37.1 Å². The maximum atomic E-state index is 12.1. The largest absolute Gasteiger partial charge is 0.378 e. The third-order valence-electron chi connectivity index (χ3n) is 3.03. The van der Waals surface area contributed by atoms with E-state index in [2.05, 4.69) is 6.07 Å². The molecule has 0 unspecified atom stereocenters. The van der Waals surface area contributed by atoms with Gasteiger partial charge in [0.25, 0.3) is 0 Å². The van der Waals surface area contributed by atoms with Crippen molar-refractivity contribution in [2.24, 2.45) is 0 Å². The molecule has 0 aromatic heterocycles. The fraction of sp³-hybridized carbons (Fsp3) is 0.400. The van der Waals surface area contributed by atoms with E-state index in [0.717, 1.165) is 11.1 Å². The van der Waals surface area contributed by atoms with Crippen LogP contribution in [0.1, 0.15) is 18.1 Å². The monoisotopic (exact) mass is 245 g/mol. The van der Waals surface area contributed by atoms with Crippen molar-refractivity contribution in [3.63, 3.8) is 0 Å². The average Bonchev–Trinajstić information content (AvgIpc) is 2.40. The number of carbonyl (C=O) groups excluding carboxylic acids is 1. The smallest absolute Gasteiger partial charge is 0.227 e. The van der Waals surface area contributed by atoms with E-state index in [4.69, 9.17) is 4.74 Å². The Bertz CT molecular complexity index is 434. The summed E-state index contributed by atoms with van der Waals surface area (Å²) in [5.74, 6) is 0.191. The third-order valence-corrected chi connectivity index (χ3v) is 3.03. The number of allylic oxidation sites excluding steroid dienone is 1. The molecule has 1 aliphatic heterocycles. The van der Waals surface area contributed by atoms with E-state index in [1.165, 1.54) is 0 Å². The van der Waals surface area contributed by atoms with Gasteiger partial charge < -0.3 is 9.64 Å². The summed E-state index contributed by atoms with van der Waals surface area (Å²) in [5.41, 5.74) is 2.21. The van der Waals surface area contributed by atoms with E-state index in [1.807, 2.05) is 42.2 Å². The molecule has 0 aliphatic carbocycles. The Balaban J connectivity index is 1.99. The summed E-state index contributed by atoms with van der Waals surface area (Å²) in [5, 5.41) is 0. The second-order valence-electron chi connectivity index (χ2n) is 4.41. The van der Waals surface area contributed by atoms with Crippen LogP contribution in [0.25, 0.3) is 6.08 Å². The van der Waals surface area contributed by atoms with Crippen LogP contribution in [0.3, 0.4) is 0 Å². The number of hydrogen-bond donors (Lipinski definition) is 0. The Morgan fingerprint density at radius 1 is 1.39 bits per heavy atom. The molecule has 3 nitrogen and oxygen atoms in total. The molecule has 3 heteroatoms. The number of nitrogens with zero attached hydrogens (tertiary/aromatic N) is 1. The summed E-state index contributed by atoms with van der Waals surface area (Å²) in [6.45, 7) is 4.74. The van der Waals surface area contributed by atoms with E-state index < -0.39 is 0 Å². The first-order valence-corrected chi connectivity index (χ1v) is 6.37. The molecular weight excluding hydrogens is 226 g/mol. The fourth-order valence-electron chi connectivity index (χ4n) is 2.10. The highest BCUT2D eigenvalue weighted by atomic mass is 16.5. The molecule has 0 saturated carbocycles. The first-order chi connectivity index (χ1) is 8.79. The zero-order valence-corrected chi connectivity index (χ0v) is 10.8. The zero-order chi connectivity index (χ0) is 12.8. The fourth-order valence-corrected chi connectivity index (χ4v) is 2.10. The van der Waals surface area contributed by atoms with Crippen molar-refractivity contribution in [1.82, 2.24) is 4.90 Å². The van der Waals surface area contributed by atoms with Gasteiger partial charge in [0.2, 0.25) is 5.91 Å². The number of rotatable bonds is 3. The summed E-state index contributed by atoms with van der Waals surface area (Å²) in [4.78, 5) is 14.0. The van der Waals surface area contributed by atoms with E-state index in [9.17, 15) is 4.79 Å². The SMILES string of the molecule is C/C=C/c1cccc(CC(=O)N2CCOCC2)c1. The van der Waals surface area contributed by atoms with Gasteiger partial charge in [-0.2, -0.15) is 0 Å². The van der Waals surface area contributed by atoms with Gasteiger partial charge in [0.15, 0.2) is 0 Å². The molecule has 18 heavy (non-hydrogen) atoms. The molecule has 0 N–H and O–H groups in total. The predicted molar refractivity (Wildman–Crippen MR) is 72.3 cm³/mol. The van der Waals surface area contributed by atoms with Crippen LogP contribution in [0, 0.1) is 0 Å². The second kappa shape index (κ2) is 6.36. The van der Waals surface area contributed by atoms with Gasteiger partial charge in [0.1, 0.15) is 0 Å². The summed E-state index contributed by atoms with van der Waals surface area (Å²) >= 11 is 0. The van der Waals surface area contributed by atoms with Crippen LogP contribution in [0.15, 0.2) is 30.3 Å². The number of ether oxygens (including phenoxy) is 1. The number of benzene rings is 1. The second-order valence-corrected chi connectivity index (χ2v) is 4.41. The maximum absolute atomic E-state index is 12.1. The number of carbonyl (C=O) groups is 1. The standard InChI is InChI=1S/C15H19NO2/c1-2-4-13-5-3-6-14(11-13)12-15(17)16-7-9-18-10-8-16/h2-6,11H,7-10,12H2,1H3/b4-2+. The highest BCUT2D eigenvalue weighted by molar-refractivity contribution is 5.79. The van der Waals surface area contributed by atoms with Crippen LogP contribution in [0.5, 0.6) is 0 Å². The Morgan fingerprint density at radius 3 is 2.89 bits per heavy atom. The lowest BCUT2D eigenvalue weighted by Gasteiger charge is -2.26. The molecular formula is C15H19NO2. The third kappa shape index (κ3) is 3.44. The Hall–Kier alpha value is -1.61. The highest BCUT2D eigenvalue weighted by Gasteiger charge is 2.16. The summed E-state index contributed by atoms with van der Waals surface area (Å²) in [6, 6.07) is 8.11. The minimum Gasteiger partial charge on any atom is -0.378 e. The molecule has 1 aromatic carbocycles. The van der Waals surface area contributed by atoms with Gasteiger partial charge >= 0.3 is 0 Å². The zero-order valence-electron chi connectivity index (χ0n) is 10.8. The quantitative estimate of drug-likeness (QED) is 0.816.